The van der Waals surface area contributed by atoms with E-state index in [2.05, 4.69) is 16.9 Å². The van der Waals surface area contributed by atoms with E-state index in [1.54, 1.807) is 6.20 Å². The van der Waals surface area contributed by atoms with Crippen molar-refractivity contribution in [2.75, 3.05) is 0 Å². The van der Waals surface area contributed by atoms with E-state index in [9.17, 15) is 0 Å². The Balaban J connectivity index is 2.71. The molecule has 2 heterocycles. The largest absolute Gasteiger partial charge is 0.358 e. The Morgan fingerprint density at radius 3 is 3.08 bits per heavy atom. The van der Waals surface area contributed by atoms with Crippen LogP contribution < -0.4 is 0 Å². The highest BCUT2D eigenvalue weighted by Crippen LogP contribution is 2.20. The van der Waals surface area contributed by atoms with Crippen molar-refractivity contribution < 1.29 is 0 Å². The summed E-state index contributed by atoms with van der Waals surface area (Å²) in [5.41, 5.74) is 2.94. The van der Waals surface area contributed by atoms with Gasteiger partial charge in [-0.25, -0.2) is 4.98 Å². The van der Waals surface area contributed by atoms with Crippen LogP contribution in [-0.2, 0) is 6.42 Å². The second kappa shape index (κ2) is 2.79. The van der Waals surface area contributed by atoms with Gasteiger partial charge in [-0.3, -0.25) is 0 Å². The van der Waals surface area contributed by atoms with Crippen molar-refractivity contribution >= 4 is 22.6 Å². The number of aromatic amines is 1. The monoisotopic (exact) mass is 180 g/mol. The summed E-state index contributed by atoms with van der Waals surface area (Å²) in [6, 6.07) is 4.02. The number of nitrogens with one attached hydrogen (secondary N) is 1. The Morgan fingerprint density at radius 1 is 1.50 bits per heavy atom. The van der Waals surface area contributed by atoms with Gasteiger partial charge in [0.05, 0.1) is 10.5 Å². The van der Waals surface area contributed by atoms with Crippen LogP contribution in [0.2, 0.25) is 5.02 Å². The highest BCUT2D eigenvalue weighted by Gasteiger charge is 2.02. The number of nitrogens with zero attached hydrogens (tertiary/aromatic N) is 1. The summed E-state index contributed by atoms with van der Waals surface area (Å²) >= 11 is 5.91. The molecule has 2 rings (SSSR count). The number of aryl methyl sites for hydroxylation is 1. The molecule has 1 N–H and O–H groups in total. The number of rotatable bonds is 1. The standard InChI is InChI=1S/C9H9ClN2/c1-2-6-3-4-8-9(12-6)7(10)5-11-8/h3-5,11H,2H2,1H3. The molecule has 0 bridgehead atoms. The summed E-state index contributed by atoms with van der Waals surface area (Å²) in [6.45, 7) is 2.08. The van der Waals surface area contributed by atoms with Gasteiger partial charge in [0.25, 0.3) is 0 Å². The highest BCUT2D eigenvalue weighted by atomic mass is 35.5. The van der Waals surface area contributed by atoms with E-state index in [4.69, 9.17) is 11.6 Å². The molecule has 0 saturated heterocycles. The van der Waals surface area contributed by atoms with Crippen molar-refractivity contribution in [3.05, 3.63) is 29.0 Å². The fourth-order valence-corrected chi connectivity index (χ4v) is 1.40. The lowest BCUT2D eigenvalue weighted by Gasteiger charge is -1.95. The van der Waals surface area contributed by atoms with Crippen molar-refractivity contribution in [1.29, 1.82) is 0 Å². The maximum absolute atomic E-state index is 5.91. The van der Waals surface area contributed by atoms with E-state index < -0.39 is 0 Å². The SMILES string of the molecule is CCc1ccc2[nH]cc(Cl)c2n1. The molecule has 0 spiro atoms. The molecule has 0 aromatic carbocycles. The molecule has 2 aromatic heterocycles. The molecule has 0 unspecified atom stereocenters. The third-order valence-electron chi connectivity index (χ3n) is 1.90. The molecule has 0 radical (unpaired) electrons. The van der Waals surface area contributed by atoms with Crippen molar-refractivity contribution in [3.8, 4) is 0 Å². The molecule has 62 valence electrons. The minimum Gasteiger partial charge on any atom is -0.358 e. The molecule has 0 fully saturated rings. The molecule has 2 nitrogen and oxygen atoms in total. The van der Waals surface area contributed by atoms with Crippen molar-refractivity contribution in [2.24, 2.45) is 0 Å². The predicted molar refractivity (Wildman–Crippen MR) is 50.5 cm³/mol. The molecule has 0 aliphatic carbocycles. The zero-order valence-electron chi connectivity index (χ0n) is 6.76. The Labute approximate surface area is 75.6 Å². The van der Waals surface area contributed by atoms with Gasteiger partial charge in [-0.05, 0) is 18.6 Å². The Hall–Kier alpha value is -1.02. The molecule has 0 aliphatic heterocycles. The van der Waals surface area contributed by atoms with Crippen LogP contribution in [0.4, 0.5) is 0 Å². The minimum atomic E-state index is 0.695. The molecular weight excluding hydrogens is 172 g/mol. The van der Waals surface area contributed by atoms with Crippen LogP contribution in [0.15, 0.2) is 18.3 Å². The third-order valence-corrected chi connectivity index (χ3v) is 2.18. The molecule has 12 heavy (non-hydrogen) atoms. The fraction of sp³-hybridized carbons (Fsp3) is 0.222. The normalized spacial score (nSPS) is 10.8. The molecule has 0 amide bonds. The quantitative estimate of drug-likeness (QED) is 0.719. The van der Waals surface area contributed by atoms with Gasteiger partial charge in [0.15, 0.2) is 0 Å². The van der Waals surface area contributed by atoms with Crippen molar-refractivity contribution in [3.63, 3.8) is 0 Å². The van der Waals surface area contributed by atoms with Crippen molar-refractivity contribution in [1.82, 2.24) is 9.97 Å². The number of hydrogen-bond acceptors (Lipinski definition) is 1. The number of aromatic nitrogens is 2. The Bertz CT molecular complexity index is 406. The van der Waals surface area contributed by atoms with E-state index in [1.165, 1.54) is 0 Å². The predicted octanol–water partition coefficient (Wildman–Crippen LogP) is 2.78. The second-order valence-corrected chi connectivity index (χ2v) is 3.10. The van der Waals surface area contributed by atoms with Gasteiger partial charge >= 0.3 is 0 Å². The van der Waals surface area contributed by atoms with Gasteiger partial charge in [-0.2, -0.15) is 0 Å². The minimum absolute atomic E-state index is 0.695. The van der Waals surface area contributed by atoms with Gasteiger partial charge in [0, 0.05) is 11.9 Å². The maximum atomic E-state index is 5.91. The molecule has 2 aromatic rings. The zero-order chi connectivity index (χ0) is 8.55. The summed E-state index contributed by atoms with van der Waals surface area (Å²) in [7, 11) is 0. The Kier molecular flexibility index (Phi) is 1.77. The third kappa shape index (κ3) is 1.08. The Morgan fingerprint density at radius 2 is 2.33 bits per heavy atom. The second-order valence-electron chi connectivity index (χ2n) is 2.69. The highest BCUT2D eigenvalue weighted by molar-refractivity contribution is 6.35. The van der Waals surface area contributed by atoms with Gasteiger partial charge in [-0.15, -0.1) is 0 Å². The topological polar surface area (TPSA) is 28.7 Å². The van der Waals surface area contributed by atoms with Crippen LogP contribution in [0, 0.1) is 0 Å². The first kappa shape index (κ1) is 7.62. The first-order valence-electron chi connectivity index (χ1n) is 3.93. The summed E-state index contributed by atoms with van der Waals surface area (Å²) in [5.74, 6) is 0. The van der Waals surface area contributed by atoms with Crippen LogP contribution in [0.5, 0.6) is 0 Å². The van der Waals surface area contributed by atoms with Crippen LogP contribution in [0.1, 0.15) is 12.6 Å². The average Bonchev–Trinajstić information content (AvgIpc) is 2.47. The first-order valence-corrected chi connectivity index (χ1v) is 4.31. The average molecular weight is 181 g/mol. The van der Waals surface area contributed by atoms with Gasteiger partial charge < -0.3 is 4.98 Å². The summed E-state index contributed by atoms with van der Waals surface area (Å²) in [6.07, 6.45) is 2.70. The summed E-state index contributed by atoms with van der Waals surface area (Å²) in [5, 5.41) is 0.695. The summed E-state index contributed by atoms with van der Waals surface area (Å²) < 4.78 is 0. The lowest BCUT2D eigenvalue weighted by atomic mass is 10.3. The smallest absolute Gasteiger partial charge is 0.107 e. The van der Waals surface area contributed by atoms with Crippen LogP contribution in [0.25, 0.3) is 11.0 Å². The number of H-pyrrole nitrogens is 1. The van der Waals surface area contributed by atoms with Gasteiger partial charge in [-0.1, -0.05) is 18.5 Å². The van der Waals surface area contributed by atoms with E-state index >= 15 is 0 Å². The first-order chi connectivity index (χ1) is 5.81. The molecule has 0 saturated carbocycles. The lowest BCUT2D eigenvalue weighted by molar-refractivity contribution is 1.06. The van der Waals surface area contributed by atoms with Crippen molar-refractivity contribution in [2.45, 2.75) is 13.3 Å². The van der Waals surface area contributed by atoms with Crippen LogP contribution in [-0.4, -0.2) is 9.97 Å². The van der Waals surface area contributed by atoms with E-state index in [-0.39, 0.29) is 0 Å². The van der Waals surface area contributed by atoms with E-state index in [0.29, 0.717) is 5.02 Å². The molecule has 3 heteroatoms. The van der Waals surface area contributed by atoms with Gasteiger partial charge in [0.2, 0.25) is 0 Å². The lowest BCUT2D eigenvalue weighted by Crippen LogP contribution is -1.85. The zero-order valence-corrected chi connectivity index (χ0v) is 7.52. The van der Waals surface area contributed by atoms with E-state index in [0.717, 1.165) is 23.1 Å². The summed E-state index contributed by atoms with van der Waals surface area (Å²) in [4.78, 5) is 7.43. The molecular formula is C9H9ClN2. The van der Waals surface area contributed by atoms with E-state index in [1.807, 2.05) is 12.1 Å². The number of hydrogen-bond donors (Lipinski definition) is 1. The number of halogens is 1. The van der Waals surface area contributed by atoms with Crippen LogP contribution in [0.3, 0.4) is 0 Å². The fourth-order valence-electron chi connectivity index (χ4n) is 1.20. The van der Waals surface area contributed by atoms with Crippen LogP contribution >= 0.6 is 11.6 Å². The number of pyridine rings is 1. The molecule has 0 atom stereocenters. The maximum Gasteiger partial charge on any atom is 0.107 e. The van der Waals surface area contributed by atoms with Gasteiger partial charge in [0.1, 0.15) is 5.52 Å². The number of fused-ring (bicyclic) bond motifs is 1. The molecule has 0 aliphatic rings.